The lowest BCUT2D eigenvalue weighted by Gasteiger charge is -2.25. The minimum Gasteiger partial charge on any atom is -0.324 e. The maximum Gasteiger partial charge on any atom is 0.325 e. The first kappa shape index (κ1) is 21.5. The second-order valence-corrected chi connectivity index (χ2v) is 7.29. The fourth-order valence-electron chi connectivity index (χ4n) is 3.87. The van der Waals surface area contributed by atoms with Gasteiger partial charge in [-0.25, -0.2) is 9.18 Å². The van der Waals surface area contributed by atoms with E-state index in [0.717, 1.165) is 34.6 Å². The third-order valence-electron chi connectivity index (χ3n) is 5.61. The summed E-state index contributed by atoms with van der Waals surface area (Å²) in [4.78, 5) is 39.4. The summed E-state index contributed by atoms with van der Waals surface area (Å²) < 4.78 is 13.3. The number of hydrogen-bond acceptors (Lipinski definition) is 3. The van der Waals surface area contributed by atoms with E-state index < -0.39 is 35.7 Å². The molecule has 0 aliphatic carbocycles. The van der Waals surface area contributed by atoms with E-state index in [4.69, 9.17) is 0 Å². The summed E-state index contributed by atoms with van der Waals surface area (Å²) in [5.41, 5.74) is 1.90. The zero-order valence-corrected chi connectivity index (χ0v) is 17.4. The highest BCUT2D eigenvalue weighted by Crippen LogP contribution is 2.32. The van der Waals surface area contributed by atoms with Crippen LogP contribution in [0.4, 0.5) is 14.9 Å². The molecule has 0 radical (unpaired) electrons. The van der Waals surface area contributed by atoms with E-state index in [0.29, 0.717) is 5.56 Å². The number of urea groups is 1. The molecule has 1 atom stereocenters. The number of carbonyl (C=O) groups is 3. The standard InChI is InChI=1S/C23H26FN3O3/c1-4-15-8-7-9-16(5-2)20(15)25-19(28)14-27-21(29)23(6-3,26-22(27)30)17-10-12-18(24)13-11-17/h7-13H,4-6,14H2,1-3H3,(H,25,28)(H,26,30). The van der Waals surface area contributed by atoms with Crippen LogP contribution in [-0.2, 0) is 28.0 Å². The summed E-state index contributed by atoms with van der Waals surface area (Å²) in [7, 11) is 0. The Morgan fingerprint density at radius 3 is 2.17 bits per heavy atom. The number of para-hydroxylation sites is 1. The molecule has 1 heterocycles. The molecule has 1 unspecified atom stereocenters. The topological polar surface area (TPSA) is 78.5 Å². The molecule has 3 rings (SSSR count). The van der Waals surface area contributed by atoms with Crippen molar-refractivity contribution in [2.75, 3.05) is 11.9 Å². The van der Waals surface area contributed by atoms with Crippen molar-refractivity contribution < 1.29 is 18.8 Å². The number of carbonyl (C=O) groups excluding carboxylic acids is 3. The highest BCUT2D eigenvalue weighted by molar-refractivity contribution is 6.10. The molecule has 1 aliphatic heterocycles. The van der Waals surface area contributed by atoms with Gasteiger partial charge in [-0.15, -0.1) is 0 Å². The van der Waals surface area contributed by atoms with E-state index in [2.05, 4.69) is 10.6 Å². The quantitative estimate of drug-likeness (QED) is 0.681. The van der Waals surface area contributed by atoms with Gasteiger partial charge >= 0.3 is 6.03 Å². The third kappa shape index (κ3) is 3.79. The van der Waals surface area contributed by atoms with Crippen LogP contribution in [0.15, 0.2) is 42.5 Å². The number of benzene rings is 2. The minimum atomic E-state index is -1.30. The molecule has 158 valence electrons. The number of nitrogens with one attached hydrogen (secondary N) is 2. The fraction of sp³-hybridized carbons (Fsp3) is 0.348. The molecule has 4 amide bonds. The highest BCUT2D eigenvalue weighted by atomic mass is 19.1. The van der Waals surface area contributed by atoms with Gasteiger partial charge in [0.25, 0.3) is 5.91 Å². The lowest BCUT2D eigenvalue weighted by atomic mass is 9.87. The number of hydrogen-bond donors (Lipinski definition) is 2. The Labute approximate surface area is 175 Å². The first-order chi connectivity index (χ1) is 14.4. The maximum atomic E-state index is 13.3. The van der Waals surface area contributed by atoms with Crippen LogP contribution >= 0.6 is 0 Å². The molecule has 1 fully saturated rings. The largest absolute Gasteiger partial charge is 0.325 e. The predicted molar refractivity (Wildman–Crippen MR) is 112 cm³/mol. The van der Waals surface area contributed by atoms with Crippen molar-refractivity contribution in [2.45, 2.75) is 45.6 Å². The van der Waals surface area contributed by atoms with Crippen molar-refractivity contribution in [2.24, 2.45) is 0 Å². The average Bonchev–Trinajstić information content (AvgIpc) is 2.99. The van der Waals surface area contributed by atoms with Gasteiger partial charge < -0.3 is 10.6 Å². The van der Waals surface area contributed by atoms with Crippen LogP contribution < -0.4 is 10.6 Å². The van der Waals surface area contributed by atoms with E-state index in [1.807, 2.05) is 32.0 Å². The molecular weight excluding hydrogens is 385 g/mol. The van der Waals surface area contributed by atoms with E-state index >= 15 is 0 Å². The molecule has 30 heavy (non-hydrogen) atoms. The van der Waals surface area contributed by atoms with Crippen LogP contribution in [-0.4, -0.2) is 29.3 Å². The van der Waals surface area contributed by atoms with Gasteiger partial charge in [-0.05, 0) is 48.1 Å². The predicted octanol–water partition coefficient (Wildman–Crippen LogP) is 3.75. The van der Waals surface area contributed by atoms with Crippen LogP contribution in [0.1, 0.15) is 43.9 Å². The van der Waals surface area contributed by atoms with Crippen LogP contribution in [0.2, 0.25) is 0 Å². The average molecular weight is 411 g/mol. The molecule has 2 aromatic rings. The summed E-state index contributed by atoms with van der Waals surface area (Å²) in [6.07, 6.45) is 1.77. The molecule has 2 aromatic carbocycles. The molecular formula is C23H26FN3O3. The summed E-state index contributed by atoms with van der Waals surface area (Å²) in [6, 6.07) is 10.6. The molecule has 0 spiro atoms. The summed E-state index contributed by atoms with van der Waals surface area (Å²) in [6.45, 7) is 5.37. The van der Waals surface area contributed by atoms with Crippen molar-refractivity contribution >= 4 is 23.5 Å². The number of imide groups is 1. The Bertz CT molecular complexity index is 952. The van der Waals surface area contributed by atoms with Gasteiger partial charge in [-0.1, -0.05) is 51.1 Å². The SMILES string of the molecule is CCc1cccc(CC)c1NC(=O)CN1C(=O)NC(CC)(c2ccc(F)cc2)C1=O. The Balaban J connectivity index is 1.82. The van der Waals surface area contributed by atoms with Gasteiger partial charge in [0.1, 0.15) is 17.9 Å². The van der Waals surface area contributed by atoms with E-state index in [9.17, 15) is 18.8 Å². The van der Waals surface area contributed by atoms with Crippen molar-refractivity contribution in [1.82, 2.24) is 10.2 Å². The Morgan fingerprint density at radius 2 is 1.63 bits per heavy atom. The number of amides is 4. The molecule has 6 nitrogen and oxygen atoms in total. The van der Waals surface area contributed by atoms with Crippen molar-refractivity contribution in [3.63, 3.8) is 0 Å². The monoisotopic (exact) mass is 411 g/mol. The van der Waals surface area contributed by atoms with Crippen LogP contribution in [0, 0.1) is 5.82 Å². The van der Waals surface area contributed by atoms with E-state index in [1.165, 1.54) is 24.3 Å². The van der Waals surface area contributed by atoms with E-state index in [-0.39, 0.29) is 6.42 Å². The van der Waals surface area contributed by atoms with E-state index in [1.54, 1.807) is 6.92 Å². The lowest BCUT2D eigenvalue weighted by molar-refractivity contribution is -0.134. The summed E-state index contributed by atoms with van der Waals surface area (Å²) >= 11 is 0. The lowest BCUT2D eigenvalue weighted by Crippen LogP contribution is -2.44. The minimum absolute atomic E-state index is 0.278. The third-order valence-corrected chi connectivity index (χ3v) is 5.61. The second-order valence-electron chi connectivity index (χ2n) is 7.29. The normalized spacial score (nSPS) is 18.5. The molecule has 0 saturated carbocycles. The summed E-state index contributed by atoms with van der Waals surface area (Å²) in [5.74, 6) is -1.39. The molecule has 2 N–H and O–H groups in total. The van der Waals surface area contributed by atoms with Crippen molar-refractivity contribution in [3.8, 4) is 0 Å². The number of anilines is 1. The molecule has 7 heteroatoms. The maximum absolute atomic E-state index is 13.3. The molecule has 1 aliphatic rings. The Hall–Kier alpha value is -3.22. The Morgan fingerprint density at radius 1 is 1.03 bits per heavy atom. The molecule has 0 aromatic heterocycles. The summed E-state index contributed by atoms with van der Waals surface area (Å²) in [5, 5.41) is 5.58. The van der Waals surface area contributed by atoms with Crippen LogP contribution in [0.25, 0.3) is 0 Å². The zero-order chi connectivity index (χ0) is 21.9. The fourth-order valence-corrected chi connectivity index (χ4v) is 3.87. The van der Waals surface area contributed by atoms with Gasteiger partial charge in [0, 0.05) is 5.69 Å². The van der Waals surface area contributed by atoms with Gasteiger partial charge in [0.05, 0.1) is 0 Å². The second kappa shape index (κ2) is 8.65. The van der Waals surface area contributed by atoms with Crippen LogP contribution in [0.5, 0.6) is 0 Å². The van der Waals surface area contributed by atoms with Gasteiger partial charge in [-0.2, -0.15) is 0 Å². The molecule has 0 bridgehead atoms. The highest BCUT2D eigenvalue weighted by Gasteiger charge is 2.51. The van der Waals surface area contributed by atoms with Gasteiger partial charge in [-0.3, -0.25) is 14.5 Å². The van der Waals surface area contributed by atoms with Crippen molar-refractivity contribution in [3.05, 3.63) is 65.0 Å². The van der Waals surface area contributed by atoms with Crippen molar-refractivity contribution in [1.29, 1.82) is 0 Å². The number of nitrogens with zero attached hydrogens (tertiary/aromatic N) is 1. The molecule has 1 saturated heterocycles. The number of halogens is 1. The first-order valence-corrected chi connectivity index (χ1v) is 10.2. The van der Waals surface area contributed by atoms with Crippen LogP contribution in [0.3, 0.4) is 0 Å². The smallest absolute Gasteiger partial charge is 0.324 e. The van der Waals surface area contributed by atoms with Gasteiger partial charge in [0.15, 0.2) is 0 Å². The number of rotatable bonds is 7. The zero-order valence-electron chi connectivity index (χ0n) is 17.4. The van der Waals surface area contributed by atoms with Gasteiger partial charge in [0.2, 0.25) is 5.91 Å². The Kier molecular flexibility index (Phi) is 6.20. The number of aryl methyl sites for hydroxylation is 2. The first-order valence-electron chi connectivity index (χ1n) is 10.2.